The molecule has 5 aliphatic rings. The summed E-state index contributed by atoms with van der Waals surface area (Å²) in [6.07, 6.45) is 14.6. The Morgan fingerprint density at radius 3 is 2.66 bits per heavy atom. The van der Waals surface area contributed by atoms with Gasteiger partial charge in [-0.3, -0.25) is 14.8 Å². The number of nitrogens with two attached hydrogens (primary N) is 1. The highest BCUT2D eigenvalue weighted by atomic mass is 33.1. The maximum Gasteiger partial charge on any atom is 0.302 e. The minimum atomic E-state index is -0.555. The topological polar surface area (TPSA) is 178 Å². The van der Waals surface area contributed by atoms with E-state index in [1.54, 1.807) is 31.6 Å². The molecule has 1 spiro atoms. The molecule has 318 valence electrons. The molecule has 8 rings (SSSR count). The lowest BCUT2D eigenvalue weighted by atomic mass is 9.66. The van der Waals surface area contributed by atoms with Crippen LogP contribution < -0.4 is 20.5 Å². The molecule has 0 amide bonds. The van der Waals surface area contributed by atoms with Crippen molar-refractivity contribution >= 4 is 33.5 Å². The molecule has 14 heteroatoms. The van der Waals surface area contributed by atoms with Gasteiger partial charge in [-0.25, -0.2) is 0 Å². The average molecular weight is 847 g/mol. The van der Waals surface area contributed by atoms with Crippen molar-refractivity contribution in [2.45, 2.75) is 137 Å². The van der Waals surface area contributed by atoms with E-state index in [9.17, 15) is 20.1 Å². The molecular weight excluding hydrogens is 789 g/mol. The van der Waals surface area contributed by atoms with Crippen molar-refractivity contribution in [1.29, 1.82) is 0 Å². The van der Waals surface area contributed by atoms with Crippen molar-refractivity contribution in [3.63, 3.8) is 0 Å². The number of aromatic nitrogens is 1. The number of phenolic OH excluding ortho intramolecular Hbond substituents is 3. The summed E-state index contributed by atoms with van der Waals surface area (Å²) < 4.78 is 26.0. The largest absolute Gasteiger partial charge is 0.504 e. The van der Waals surface area contributed by atoms with Crippen molar-refractivity contribution < 1.29 is 39.1 Å². The fraction of sp³-hybridized carbons (Fsp3) is 0.578. The Balaban J connectivity index is 1.15. The second-order valence-electron chi connectivity index (χ2n) is 17.2. The zero-order chi connectivity index (χ0) is 41.1. The number of nitrogens with one attached hydrogen (secondary N) is 1. The van der Waals surface area contributed by atoms with Gasteiger partial charge in [-0.05, 0) is 98.4 Å². The van der Waals surface area contributed by atoms with E-state index in [1.807, 2.05) is 45.9 Å². The van der Waals surface area contributed by atoms with Crippen molar-refractivity contribution in [3.8, 4) is 28.7 Å². The Morgan fingerprint density at radius 1 is 1.03 bits per heavy atom. The third kappa shape index (κ3) is 8.91. The first kappa shape index (κ1) is 41.7. The normalized spacial score (nSPS) is 30.5. The van der Waals surface area contributed by atoms with Gasteiger partial charge in [0.25, 0.3) is 0 Å². The van der Waals surface area contributed by atoms with Crippen LogP contribution >= 0.6 is 21.6 Å². The summed E-state index contributed by atoms with van der Waals surface area (Å²) in [6, 6.07) is 12.8. The minimum Gasteiger partial charge on any atom is -0.504 e. The molecule has 3 aliphatic carbocycles. The Bertz CT molecular complexity index is 1980. The number of guanidine groups is 1. The smallest absolute Gasteiger partial charge is 0.302 e. The highest BCUT2D eigenvalue weighted by Gasteiger charge is 2.57. The van der Waals surface area contributed by atoms with Gasteiger partial charge >= 0.3 is 5.97 Å². The Labute approximate surface area is 354 Å². The Hall–Kier alpha value is -4.01. The lowest BCUT2D eigenvalue weighted by molar-refractivity contribution is -0.191. The first-order valence-corrected chi connectivity index (χ1v) is 23.5. The van der Waals surface area contributed by atoms with Gasteiger partial charge < -0.3 is 45.3 Å². The number of nitrogens with zero attached hydrogens (tertiary/aromatic N) is 2. The van der Waals surface area contributed by atoms with Crippen LogP contribution in [0.25, 0.3) is 0 Å². The SMILES string of the molecule is CN=C(N)NC12CCCC(C1)Oc1cc(ccc1O)CC1C(CCC3C(OC(C)=O)CC(c4cc(O)c(O)c(OCCc5cccnc5)c4)OC31)SSC21CCCCC1. The number of esters is 1. The van der Waals surface area contributed by atoms with E-state index >= 15 is 0 Å². The van der Waals surface area contributed by atoms with Gasteiger partial charge in [0.1, 0.15) is 12.2 Å². The van der Waals surface area contributed by atoms with Gasteiger partial charge in [0.15, 0.2) is 29.0 Å². The Kier molecular flexibility index (Phi) is 12.7. The van der Waals surface area contributed by atoms with Crippen LogP contribution in [0.1, 0.15) is 107 Å². The van der Waals surface area contributed by atoms with E-state index in [0.717, 1.165) is 75.3 Å². The molecule has 12 nitrogen and oxygen atoms in total. The zero-order valence-corrected chi connectivity index (χ0v) is 35.6. The predicted molar refractivity (Wildman–Crippen MR) is 230 cm³/mol. The summed E-state index contributed by atoms with van der Waals surface area (Å²) in [5, 5.41) is 37.0. The fourth-order valence-electron chi connectivity index (χ4n) is 10.6. The first-order chi connectivity index (χ1) is 28.5. The fourth-order valence-corrected chi connectivity index (χ4v) is 15.0. The van der Waals surface area contributed by atoms with Crippen molar-refractivity contribution in [2.24, 2.45) is 22.6 Å². The molecule has 2 aliphatic heterocycles. The summed E-state index contributed by atoms with van der Waals surface area (Å²) in [5.74, 6) is 0.156. The van der Waals surface area contributed by atoms with Gasteiger partial charge in [-0.15, -0.1) is 0 Å². The van der Waals surface area contributed by atoms with Crippen LogP contribution in [-0.2, 0) is 27.1 Å². The van der Waals surface area contributed by atoms with Crippen LogP contribution in [0.2, 0.25) is 0 Å². The zero-order valence-electron chi connectivity index (χ0n) is 34.0. The number of aliphatic imine (C=N–C) groups is 1. The van der Waals surface area contributed by atoms with E-state index in [-0.39, 0.29) is 75.2 Å². The van der Waals surface area contributed by atoms with Crippen LogP contribution in [0, 0.1) is 11.8 Å². The van der Waals surface area contributed by atoms with Crippen LogP contribution in [-0.4, -0.2) is 79.7 Å². The van der Waals surface area contributed by atoms with Crippen LogP contribution in [0.3, 0.4) is 0 Å². The number of pyridine rings is 1. The summed E-state index contributed by atoms with van der Waals surface area (Å²) >= 11 is 0. The number of carbonyl (C=O) groups is 1. The number of phenols is 3. The molecule has 3 heterocycles. The first-order valence-electron chi connectivity index (χ1n) is 21.3. The summed E-state index contributed by atoms with van der Waals surface area (Å²) in [5.41, 5.74) is 8.85. The molecule has 1 aromatic heterocycles. The summed E-state index contributed by atoms with van der Waals surface area (Å²) in [4.78, 5) is 21.3. The number of benzene rings is 2. The molecule has 4 bridgehead atoms. The van der Waals surface area contributed by atoms with Crippen molar-refractivity contribution in [2.75, 3.05) is 13.7 Å². The molecule has 4 fully saturated rings. The van der Waals surface area contributed by atoms with Crippen LogP contribution in [0.15, 0.2) is 59.9 Å². The molecule has 0 radical (unpaired) electrons. The molecular formula is C45H58N4O8S2. The molecule has 6 N–H and O–H groups in total. The lowest BCUT2D eigenvalue weighted by Crippen LogP contribution is -2.67. The number of carbonyl (C=O) groups excluding carboxylic acids is 1. The van der Waals surface area contributed by atoms with Crippen molar-refractivity contribution in [1.82, 2.24) is 10.3 Å². The maximum absolute atomic E-state index is 12.7. The third-order valence-corrected chi connectivity index (χ3v) is 17.5. The van der Waals surface area contributed by atoms with Gasteiger partial charge in [0.05, 0.1) is 24.4 Å². The summed E-state index contributed by atoms with van der Waals surface area (Å²) in [7, 11) is 5.74. The third-order valence-electron chi connectivity index (χ3n) is 13.5. The molecule has 3 saturated carbocycles. The highest BCUT2D eigenvalue weighted by Crippen LogP contribution is 2.60. The van der Waals surface area contributed by atoms with E-state index in [1.165, 1.54) is 19.4 Å². The standard InChI is InChI=1S/C45H58N4O8S2/c1-27(50)55-37-24-36(30-22-35(52)41(53)39(23-30)54-19-14-28-8-7-18-48-26-28)57-42-32(37)11-13-40-33(42)20-29-10-12-34(51)38(21-29)56-31-9-6-15-44(25-31,49-43(46)47-2)45(59-58-40)16-4-3-5-17-45/h7-8,10,12,18,21-23,26,31-33,36-37,40,42,51-53H,3-6,9,11,13-17,19-20,24-25H2,1-2H3,(H3,46,47,49). The lowest BCUT2D eigenvalue weighted by Gasteiger charge is -2.56. The van der Waals surface area contributed by atoms with Crippen molar-refractivity contribution in [3.05, 3.63) is 71.5 Å². The average Bonchev–Trinajstić information content (AvgIpc) is 3.23. The number of aromatic hydroxyl groups is 3. The van der Waals surface area contributed by atoms with E-state index in [0.29, 0.717) is 36.5 Å². The molecule has 1 saturated heterocycles. The monoisotopic (exact) mass is 846 g/mol. The predicted octanol–water partition coefficient (Wildman–Crippen LogP) is 7.91. The molecule has 3 aromatic rings. The molecule has 8 unspecified atom stereocenters. The van der Waals surface area contributed by atoms with Gasteiger partial charge in [-0.1, -0.05) is 53.0 Å². The molecule has 59 heavy (non-hydrogen) atoms. The van der Waals surface area contributed by atoms with Crippen LogP contribution in [0.5, 0.6) is 28.7 Å². The number of hydrogen-bond donors (Lipinski definition) is 5. The summed E-state index contributed by atoms with van der Waals surface area (Å²) in [6.45, 7) is 1.72. The maximum atomic E-state index is 12.7. The Morgan fingerprint density at radius 2 is 1.88 bits per heavy atom. The van der Waals surface area contributed by atoms with E-state index in [4.69, 9.17) is 24.7 Å². The number of ether oxygens (including phenoxy) is 4. The molecule has 2 aromatic carbocycles. The number of hydrogen-bond acceptors (Lipinski definition) is 12. The molecule has 8 atom stereocenters. The number of fused-ring (bicyclic) bond motifs is 8. The van der Waals surface area contributed by atoms with E-state index in [2.05, 4.69) is 15.3 Å². The van der Waals surface area contributed by atoms with E-state index < -0.39 is 12.2 Å². The highest BCUT2D eigenvalue weighted by molar-refractivity contribution is 8.77. The van der Waals surface area contributed by atoms with Gasteiger partial charge in [-0.2, -0.15) is 0 Å². The minimum absolute atomic E-state index is 0.00244. The van der Waals surface area contributed by atoms with Gasteiger partial charge in [0, 0.05) is 67.5 Å². The quantitative estimate of drug-likeness (QED) is 0.0510. The van der Waals surface area contributed by atoms with Crippen LogP contribution in [0.4, 0.5) is 0 Å². The van der Waals surface area contributed by atoms with Gasteiger partial charge in [0.2, 0.25) is 5.75 Å². The second kappa shape index (κ2) is 17.9. The number of rotatable bonds is 7. The second-order valence-corrected chi connectivity index (χ2v) is 20.0.